The molecule has 2 nitrogen and oxygen atoms in total. The monoisotopic (exact) mass is 190 g/mol. The molecule has 0 aliphatic rings. The lowest BCUT2D eigenvalue weighted by atomic mass is 11.2. The highest BCUT2D eigenvalue weighted by molar-refractivity contribution is 7.64. The Morgan fingerprint density at radius 2 is 1.91 bits per heavy atom. The Balaban J connectivity index is 4.37. The van der Waals surface area contributed by atoms with Crippen molar-refractivity contribution in [2.24, 2.45) is 0 Å². The van der Waals surface area contributed by atoms with Gasteiger partial charge in [-0.15, -0.1) is 0 Å². The molecule has 0 aromatic heterocycles. The van der Waals surface area contributed by atoms with Crippen molar-refractivity contribution in [1.82, 2.24) is 0 Å². The van der Waals surface area contributed by atoms with E-state index in [1.807, 2.05) is 5.70 Å². The van der Waals surface area contributed by atoms with Gasteiger partial charge in [-0.25, -0.2) is 0 Å². The summed E-state index contributed by atoms with van der Waals surface area (Å²) in [6, 6.07) is 0. The Hall–Kier alpha value is -0.113. The Morgan fingerprint density at radius 3 is 2.18 bits per heavy atom. The number of rotatable bonds is 3. The standard InChI is InChI=1S/C7H15O2PSi/c1-5-10(8,9)6-7-11(2,3)4/h5-7H,1H2,2-4H3,(H,8,9). The summed E-state index contributed by atoms with van der Waals surface area (Å²) in [7, 11) is -4.50. The molecular formula is C7H15O2PSi. The maximum atomic E-state index is 11.0. The third-order valence-corrected chi connectivity index (χ3v) is 3.60. The zero-order chi connectivity index (χ0) is 9.12. The molecule has 0 bridgehead atoms. The molecule has 0 rings (SSSR count). The van der Waals surface area contributed by atoms with Gasteiger partial charge in [-0.1, -0.05) is 31.9 Å². The SMILES string of the molecule is C=CP(=O)(O)C=C[Si](C)(C)C. The Morgan fingerprint density at radius 1 is 1.45 bits per heavy atom. The van der Waals surface area contributed by atoms with Gasteiger partial charge >= 0.3 is 0 Å². The van der Waals surface area contributed by atoms with E-state index in [4.69, 9.17) is 4.89 Å². The smallest absolute Gasteiger partial charge is 0.243 e. The van der Waals surface area contributed by atoms with E-state index in [9.17, 15) is 4.57 Å². The Kier molecular flexibility index (Phi) is 3.49. The number of hydrogen-bond donors (Lipinski definition) is 1. The summed E-state index contributed by atoms with van der Waals surface area (Å²) < 4.78 is 11.0. The quantitative estimate of drug-likeness (QED) is 0.549. The molecule has 11 heavy (non-hydrogen) atoms. The summed E-state index contributed by atoms with van der Waals surface area (Å²) in [5.74, 6) is 2.48. The van der Waals surface area contributed by atoms with Crippen LogP contribution in [0, 0.1) is 0 Å². The summed E-state index contributed by atoms with van der Waals surface area (Å²) in [4.78, 5) is 9.06. The van der Waals surface area contributed by atoms with Gasteiger partial charge in [-0.05, 0) is 11.6 Å². The largest absolute Gasteiger partial charge is 0.339 e. The molecule has 1 atom stereocenters. The van der Waals surface area contributed by atoms with Crippen LogP contribution in [0.2, 0.25) is 19.6 Å². The summed E-state index contributed by atoms with van der Waals surface area (Å²) in [5, 5.41) is 0. The third-order valence-electron chi connectivity index (χ3n) is 1.05. The van der Waals surface area contributed by atoms with E-state index in [1.165, 1.54) is 5.82 Å². The van der Waals surface area contributed by atoms with Crippen molar-refractivity contribution in [3.8, 4) is 0 Å². The van der Waals surface area contributed by atoms with E-state index < -0.39 is 15.4 Å². The second-order valence-electron chi connectivity index (χ2n) is 3.54. The molecule has 1 unspecified atom stereocenters. The van der Waals surface area contributed by atoms with Gasteiger partial charge in [0.1, 0.15) is 0 Å². The first-order valence-electron chi connectivity index (χ1n) is 3.43. The van der Waals surface area contributed by atoms with Crippen LogP contribution in [0.15, 0.2) is 23.9 Å². The molecule has 0 amide bonds. The summed E-state index contributed by atoms with van der Waals surface area (Å²) in [6.45, 7) is 9.60. The van der Waals surface area contributed by atoms with Crippen LogP contribution in [0.5, 0.6) is 0 Å². The van der Waals surface area contributed by atoms with Crippen LogP contribution in [-0.2, 0) is 4.57 Å². The van der Waals surface area contributed by atoms with Crippen LogP contribution in [0.3, 0.4) is 0 Å². The van der Waals surface area contributed by atoms with Gasteiger partial charge in [0.2, 0.25) is 7.37 Å². The molecule has 0 aromatic rings. The lowest BCUT2D eigenvalue weighted by molar-refractivity contribution is 0.499. The van der Waals surface area contributed by atoms with Crippen molar-refractivity contribution >= 4 is 15.4 Å². The molecule has 0 fully saturated rings. The van der Waals surface area contributed by atoms with Gasteiger partial charge in [0.25, 0.3) is 0 Å². The molecule has 0 saturated carbocycles. The molecule has 0 spiro atoms. The third kappa shape index (κ3) is 6.29. The summed E-state index contributed by atoms with van der Waals surface area (Å²) in [5.41, 5.74) is 1.86. The van der Waals surface area contributed by atoms with Crippen molar-refractivity contribution in [2.45, 2.75) is 19.6 Å². The summed E-state index contributed by atoms with van der Waals surface area (Å²) in [6.07, 6.45) is 0. The minimum Gasteiger partial charge on any atom is -0.339 e. The van der Waals surface area contributed by atoms with Crippen LogP contribution in [-0.4, -0.2) is 13.0 Å². The number of hydrogen-bond acceptors (Lipinski definition) is 1. The minimum absolute atomic E-state index is 1.10. The lowest BCUT2D eigenvalue weighted by Gasteiger charge is -2.08. The zero-order valence-electron chi connectivity index (χ0n) is 7.24. The second kappa shape index (κ2) is 3.52. The van der Waals surface area contributed by atoms with E-state index in [1.54, 1.807) is 0 Å². The van der Waals surface area contributed by atoms with Gasteiger partial charge < -0.3 is 4.89 Å². The van der Waals surface area contributed by atoms with Crippen LogP contribution >= 0.6 is 7.37 Å². The molecular weight excluding hydrogens is 175 g/mol. The molecule has 1 N–H and O–H groups in total. The van der Waals surface area contributed by atoms with Gasteiger partial charge in [0.15, 0.2) is 0 Å². The van der Waals surface area contributed by atoms with Crippen molar-refractivity contribution < 1.29 is 9.46 Å². The normalized spacial score (nSPS) is 18.2. The van der Waals surface area contributed by atoms with Crippen molar-refractivity contribution in [2.75, 3.05) is 0 Å². The van der Waals surface area contributed by atoms with Crippen LogP contribution in [0.1, 0.15) is 0 Å². The van der Waals surface area contributed by atoms with Crippen LogP contribution < -0.4 is 0 Å². The van der Waals surface area contributed by atoms with Crippen LogP contribution in [0.4, 0.5) is 0 Å². The van der Waals surface area contributed by atoms with Gasteiger partial charge in [-0.2, -0.15) is 0 Å². The first-order chi connectivity index (χ1) is 4.77. The molecule has 0 heterocycles. The Labute approximate surface area is 69.1 Å². The molecule has 0 radical (unpaired) electrons. The van der Waals surface area contributed by atoms with E-state index >= 15 is 0 Å². The van der Waals surface area contributed by atoms with E-state index in [-0.39, 0.29) is 0 Å². The lowest BCUT2D eigenvalue weighted by Crippen LogP contribution is -2.15. The average Bonchev–Trinajstić information content (AvgIpc) is 1.83. The molecule has 0 saturated heterocycles. The maximum Gasteiger partial charge on any atom is 0.243 e. The van der Waals surface area contributed by atoms with Gasteiger partial charge in [0.05, 0.1) is 8.07 Å². The topological polar surface area (TPSA) is 37.3 Å². The highest BCUT2D eigenvalue weighted by Crippen LogP contribution is 2.43. The zero-order valence-corrected chi connectivity index (χ0v) is 9.14. The Bertz CT molecular complexity index is 215. The maximum absolute atomic E-state index is 11.0. The van der Waals surface area contributed by atoms with Gasteiger partial charge in [0, 0.05) is 0 Å². The fourth-order valence-corrected chi connectivity index (χ4v) is 3.16. The average molecular weight is 190 g/mol. The van der Waals surface area contributed by atoms with Crippen molar-refractivity contribution in [1.29, 1.82) is 0 Å². The highest BCUT2D eigenvalue weighted by Gasteiger charge is 2.12. The van der Waals surface area contributed by atoms with E-state index in [2.05, 4.69) is 26.2 Å². The van der Waals surface area contributed by atoms with Crippen molar-refractivity contribution in [3.05, 3.63) is 23.9 Å². The highest BCUT2D eigenvalue weighted by atomic mass is 31.2. The predicted molar refractivity (Wildman–Crippen MR) is 52.5 cm³/mol. The molecule has 0 aliphatic heterocycles. The molecule has 0 aromatic carbocycles. The minimum atomic E-state index is -3.15. The van der Waals surface area contributed by atoms with E-state index in [0.717, 1.165) is 5.82 Å². The van der Waals surface area contributed by atoms with Crippen LogP contribution in [0.25, 0.3) is 0 Å². The van der Waals surface area contributed by atoms with Gasteiger partial charge in [-0.3, -0.25) is 4.57 Å². The predicted octanol–water partition coefficient (Wildman–Crippen LogP) is 2.79. The second-order valence-corrected chi connectivity index (χ2v) is 10.6. The molecule has 64 valence electrons. The first-order valence-corrected chi connectivity index (χ1v) is 8.80. The first kappa shape index (κ1) is 10.9. The van der Waals surface area contributed by atoms with E-state index in [0.29, 0.717) is 0 Å². The molecule has 4 heteroatoms. The fourth-order valence-electron chi connectivity index (χ4n) is 0.391. The molecule has 0 aliphatic carbocycles. The fraction of sp³-hybridized carbons (Fsp3) is 0.429. The summed E-state index contributed by atoms with van der Waals surface area (Å²) >= 11 is 0. The van der Waals surface area contributed by atoms with Crippen molar-refractivity contribution in [3.63, 3.8) is 0 Å².